The predicted molar refractivity (Wildman–Crippen MR) is 47.6 cm³/mol. The van der Waals surface area contributed by atoms with Gasteiger partial charge in [-0.3, -0.25) is 0 Å². The molecule has 0 N–H and O–H groups in total. The Kier molecular flexibility index (Phi) is 2.38. The van der Waals surface area contributed by atoms with Gasteiger partial charge < -0.3 is 4.74 Å². The first kappa shape index (κ1) is 8.79. The minimum atomic E-state index is -0.0214. The minimum absolute atomic E-state index is 0.0214. The summed E-state index contributed by atoms with van der Waals surface area (Å²) in [6, 6.07) is 0. The van der Waals surface area contributed by atoms with Crippen LogP contribution in [0.2, 0.25) is 0 Å². The van der Waals surface area contributed by atoms with Crippen LogP contribution >= 0.6 is 0 Å². The van der Waals surface area contributed by atoms with Crippen LogP contribution in [0.5, 0.6) is 0 Å². The van der Waals surface area contributed by atoms with Gasteiger partial charge in [0, 0.05) is 0 Å². The van der Waals surface area contributed by atoms with Crippen LogP contribution < -0.4 is 0 Å². The largest absolute Gasteiger partial charge is 0.371 e. The zero-order chi connectivity index (χ0) is 8.48. The Morgan fingerprint density at radius 3 is 2.45 bits per heavy atom. The summed E-state index contributed by atoms with van der Waals surface area (Å²) in [5.41, 5.74) is 1.43. The average Bonchev–Trinajstić information content (AvgIpc) is 1.85. The Bertz CT molecular complexity index is 166. The number of hydrogen-bond acceptors (Lipinski definition) is 1. The van der Waals surface area contributed by atoms with Crippen LogP contribution in [0.15, 0.2) is 11.6 Å². The van der Waals surface area contributed by atoms with Crippen molar-refractivity contribution in [3.8, 4) is 0 Å². The first-order valence-electron chi connectivity index (χ1n) is 4.38. The molecule has 0 bridgehead atoms. The molecule has 0 saturated carbocycles. The fourth-order valence-electron chi connectivity index (χ4n) is 1.79. The number of ether oxygens (including phenoxy) is 1. The summed E-state index contributed by atoms with van der Waals surface area (Å²) < 4.78 is 5.67. The minimum Gasteiger partial charge on any atom is -0.371 e. The molecule has 1 heterocycles. The highest BCUT2D eigenvalue weighted by molar-refractivity contribution is 5.18. The molecule has 0 aromatic heterocycles. The molecule has 11 heavy (non-hydrogen) atoms. The van der Waals surface area contributed by atoms with Gasteiger partial charge in [-0.1, -0.05) is 19.9 Å². The van der Waals surface area contributed by atoms with E-state index in [9.17, 15) is 0 Å². The molecule has 0 aromatic rings. The van der Waals surface area contributed by atoms with Crippen LogP contribution in [0.4, 0.5) is 0 Å². The molecular weight excluding hydrogens is 136 g/mol. The van der Waals surface area contributed by atoms with Crippen molar-refractivity contribution in [3.05, 3.63) is 11.6 Å². The summed E-state index contributed by atoms with van der Waals surface area (Å²) in [4.78, 5) is 0. The topological polar surface area (TPSA) is 9.23 Å². The molecule has 0 atom stereocenters. The van der Waals surface area contributed by atoms with Gasteiger partial charge in [0.1, 0.15) is 0 Å². The molecule has 1 rings (SSSR count). The van der Waals surface area contributed by atoms with E-state index in [2.05, 4.69) is 33.8 Å². The molecule has 1 aliphatic rings. The Morgan fingerprint density at radius 1 is 1.45 bits per heavy atom. The van der Waals surface area contributed by atoms with Crippen molar-refractivity contribution >= 4 is 0 Å². The van der Waals surface area contributed by atoms with Gasteiger partial charge in [0.15, 0.2) is 0 Å². The van der Waals surface area contributed by atoms with Crippen LogP contribution in [-0.2, 0) is 4.74 Å². The normalized spacial score (nSPS) is 23.5. The molecular formula is C10H18O. The summed E-state index contributed by atoms with van der Waals surface area (Å²) in [7, 11) is 0. The molecule has 0 aromatic carbocycles. The maximum absolute atomic E-state index is 5.67. The average molecular weight is 154 g/mol. The molecule has 0 amide bonds. The van der Waals surface area contributed by atoms with Gasteiger partial charge in [0.2, 0.25) is 0 Å². The van der Waals surface area contributed by atoms with Crippen LogP contribution in [0.25, 0.3) is 0 Å². The number of rotatable bonds is 1. The summed E-state index contributed by atoms with van der Waals surface area (Å²) in [6.45, 7) is 9.63. The van der Waals surface area contributed by atoms with Crippen molar-refractivity contribution in [2.45, 2.75) is 39.7 Å². The van der Waals surface area contributed by atoms with Crippen LogP contribution in [0, 0.1) is 5.92 Å². The lowest BCUT2D eigenvalue weighted by atomic mass is 9.86. The zero-order valence-corrected chi connectivity index (χ0v) is 7.98. The maximum atomic E-state index is 5.67. The number of hydrogen-bond donors (Lipinski definition) is 0. The molecule has 0 unspecified atom stereocenters. The van der Waals surface area contributed by atoms with E-state index < -0.39 is 0 Å². The molecule has 0 aliphatic carbocycles. The highest BCUT2D eigenvalue weighted by Gasteiger charge is 2.27. The molecule has 1 heteroatoms. The van der Waals surface area contributed by atoms with Crippen molar-refractivity contribution < 1.29 is 4.74 Å². The Labute approximate surface area is 69.4 Å². The van der Waals surface area contributed by atoms with Gasteiger partial charge in [0.05, 0.1) is 12.2 Å². The maximum Gasteiger partial charge on any atom is 0.0838 e. The summed E-state index contributed by atoms with van der Waals surface area (Å²) in [5, 5.41) is 0. The second-order valence-electron chi connectivity index (χ2n) is 3.96. The lowest BCUT2D eigenvalue weighted by Gasteiger charge is -2.34. The van der Waals surface area contributed by atoms with Crippen LogP contribution in [0.1, 0.15) is 34.1 Å². The third-order valence-electron chi connectivity index (χ3n) is 2.26. The lowest BCUT2D eigenvalue weighted by Crippen LogP contribution is -2.33. The highest BCUT2D eigenvalue weighted by Crippen LogP contribution is 2.30. The van der Waals surface area contributed by atoms with Gasteiger partial charge in [0.25, 0.3) is 0 Å². The van der Waals surface area contributed by atoms with Crippen LogP contribution in [0.3, 0.4) is 0 Å². The first-order chi connectivity index (χ1) is 5.04. The van der Waals surface area contributed by atoms with E-state index in [4.69, 9.17) is 4.74 Å². The van der Waals surface area contributed by atoms with E-state index in [1.54, 1.807) is 0 Å². The molecule has 1 nitrogen and oxygen atoms in total. The zero-order valence-electron chi connectivity index (χ0n) is 7.98. The quantitative estimate of drug-likeness (QED) is 0.528. The van der Waals surface area contributed by atoms with E-state index in [1.807, 2.05) is 0 Å². The second kappa shape index (κ2) is 2.98. The third-order valence-corrected chi connectivity index (χ3v) is 2.26. The standard InChI is InChI=1S/C10H18O/c1-8(2)9-6-5-7-11-10(9,3)4/h6,8H,5,7H2,1-4H3. The first-order valence-corrected chi connectivity index (χ1v) is 4.38. The van der Waals surface area contributed by atoms with E-state index in [0.29, 0.717) is 5.92 Å². The molecule has 64 valence electrons. The smallest absolute Gasteiger partial charge is 0.0838 e. The van der Waals surface area contributed by atoms with E-state index >= 15 is 0 Å². The Balaban J connectivity index is 2.80. The Morgan fingerprint density at radius 2 is 2.09 bits per heavy atom. The predicted octanol–water partition coefficient (Wildman–Crippen LogP) is 2.77. The van der Waals surface area contributed by atoms with E-state index in [1.165, 1.54) is 5.57 Å². The highest BCUT2D eigenvalue weighted by atomic mass is 16.5. The SMILES string of the molecule is CC(C)C1=CCCOC1(C)C. The van der Waals surface area contributed by atoms with Crippen molar-refractivity contribution in [3.63, 3.8) is 0 Å². The van der Waals surface area contributed by atoms with Crippen molar-refractivity contribution in [1.82, 2.24) is 0 Å². The third kappa shape index (κ3) is 1.84. The molecule has 0 saturated heterocycles. The summed E-state index contributed by atoms with van der Waals surface area (Å²) in [5.74, 6) is 0.616. The van der Waals surface area contributed by atoms with Crippen molar-refractivity contribution in [2.75, 3.05) is 6.61 Å². The summed E-state index contributed by atoms with van der Waals surface area (Å²) in [6.07, 6.45) is 3.41. The van der Waals surface area contributed by atoms with Gasteiger partial charge >= 0.3 is 0 Å². The molecule has 0 fully saturated rings. The second-order valence-corrected chi connectivity index (χ2v) is 3.96. The van der Waals surface area contributed by atoms with E-state index in [0.717, 1.165) is 13.0 Å². The fraction of sp³-hybridized carbons (Fsp3) is 0.800. The van der Waals surface area contributed by atoms with E-state index in [-0.39, 0.29) is 5.60 Å². The van der Waals surface area contributed by atoms with Crippen LogP contribution in [-0.4, -0.2) is 12.2 Å². The van der Waals surface area contributed by atoms with Gasteiger partial charge in [-0.25, -0.2) is 0 Å². The van der Waals surface area contributed by atoms with Gasteiger partial charge in [-0.2, -0.15) is 0 Å². The monoisotopic (exact) mass is 154 g/mol. The fourth-order valence-corrected chi connectivity index (χ4v) is 1.79. The summed E-state index contributed by atoms with van der Waals surface area (Å²) >= 11 is 0. The molecule has 1 aliphatic heterocycles. The van der Waals surface area contributed by atoms with Gasteiger partial charge in [-0.05, 0) is 31.8 Å². The van der Waals surface area contributed by atoms with Crippen molar-refractivity contribution in [2.24, 2.45) is 5.92 Å². The molecule has 0 radical (unpaired) electrons. The Hall–Kier alpha value is -0.300. The lowest BCUT2D eigenvalue weighted by molar-refractivity contribution is -0.00238. The van der Waals surface area contributed by atoms with Gasteiger partial charge in [-0.15, -0.1) is 0 Å². The molecule has 0 spiro atoms. The van der Waals surface area contributed by atoms with Crippen molar-refractivity contribution in [1.29, 1.82) is 0 Å².